The van der Waals surface area contributed by atoms with Gasteiger partial charge in [0.25, 0.3) is 11.5 Å². The minimum Gasteiger partial charge on any atom is -0.322 e. The number of nitrogens with one attached hydrogen (secondary N) is 1. The molecule has 4 heteroatoms. The maximum atomic E-state index is 12.3. The van der Waals surface area contributed by atoms with E-state index in [1.807, 2.05) is 48.5 Å². The van der Waals surface area contributed by atoms with E-state index in [0.29, 0.717) is 12.1 Å². The largest absolute Gasteiger partial charge is 0.322 e. The predicted molar refractivity (Wildman–Crippen MR) is 90.6 cm³/mol. The van der Waals surface area contributed by atoms with Gasteiger partial charge in [0.15, 0.2) is 0 Å². The molecule has 0 aliphatic heterocycles. The Morgan fingerprint density at radius 2 is 1.70 bits per heavy atom. The lowest BCUT2D eigenvalue weighted by Gasteiger charge is -2.08. The second-order valence-electron chi connectivity index (χ2n) is 5.19. The highest BCUT2D eigenvalue weighted by Gasteiger charge is 2.07. The van der Waals surface area contributed by atoms with Gasteiger partial charge in [0.2, 0.25) is 0 Å². The fraction of sp³-hybridized carbons (Fsp3) is 0.0526. The fourth-order valence-corrected chi connectivity index (χ4v) is 2.32. The monoisotopic (exact) mass is 304 g/mol. The van der Waals surface area contributed by atoms with Gasteiger partial charge >= 0.3 is 0 Å². The molecule has 1 amide bonds. The van der Waals surface area contributed by atoms with Gasteiger partial charge in [-0.2, -0.15) is 0 Å². The maximum absolute atomic E-state index is 12.3. The highest BCUT2D eigenvalue weighted by Crippen LogP contribution is 2.11. The van der Waals surface area contributed by atoms with Crippen LogP contribution >= 0.6 is 0 Å². The molecule has 1 aromatic heterocycles. The Labute approximate surface area is 134 Å². The van der Waals surface area contributed by atoms with Crippen molar-refractivity contribution in [1.82, 2.24) is 4.57 Å². The molecular formula is C19H16N2O2. The summed E-state index contributed by atoms with van der Waals surface area (Å²) < 4.78 is 1.61. The van der Waals surface area contributed by atoms with Crippen LogP contribution in [0.15, 0.2) is 83.8 Å². The molecule has 0 atom stereocenters. The molecule has 0 bridgehead atoms. The number of pyridine rings is 1. The van der Waals surface area contributed by atoms with Gasteiger partial charge in [-0.15, -0.1) is 0 Å². The molecule has 3 aromatic rings. The summed E-state index contributed by atoms with van der Waals surface area (Å²) in [4.78, 5) is 24.1. The molecule has 4 nitrogen and oxygen atoms in total. The van der Waals surface area contributed by atoms with Gasteiger partial charge in [-0.05, 0) is 35.9 Å². The third kappa shape index (κ3) is 3.74. The summed E-state index contributed by atoms with van der Waals surface area (Å²) in [6.07, 6.45) is 1.74. The van der Waals surface area contributed by atoms with E-state index in [1.54, 1.807) is 29.0 Å². The van der Waals surface area contributed by atoms with Gasteiger partial charge in [0.1, 0.15) is 0 Å². The Balaban J connectivity index is 1.78. The van der Waals surface area contributed by atoms with Crippen molar-refractivity contribution in [3.63, 3.8) is 0 Å². The van der Waals surface area contributed by atoms with Gasteiger partial charge in [0.05, 0.1) is 6.54 Å². The Bertz CT molecular complexity index is 870. The van der Waals surface area contributed by atoms with E-state index in [-0.39, 0.29) is 11.5 Å². The van der Waals surface area contributed by atoms with Crippen molar-refractivity contribution in [2.24, 2.45) is 0 Å². The topological polar surface area (TPSA) is 51.1 Å². The predicted octanol–water partition coefficient (Wildman–Crippen LogP) is 3.15. The Kier molecular flexibility index (Phi) is 4.34. The van der Waals surface area contributed by atoms with E-state index in [0.717, 1.165) is 11.3 Å². The molecule has 0 saturated carbocycles. The molecule has 0 unspecified atom stereocenters. The van der Waals surface area contributed by atoms with Crippen molar-refractivity contribution in [2.75, 3.05) is 5.32 Å². The summed E-state index contributed by atoms with van der Waals surface area (Å²) in [6, 6.07) is 21.6. The lowest BCUT2D eigenvalue weighted by molar-refractivity contribution is 0.102. The van der Waals surface area contributed by atoms with Gasteiger partial charge < -0.3 is 9.88 Å². The van der Waals surface area contributed by atoms with Crippen molar-refractivity contribution in [1.29, 1.82) is 0 Å². The molecule has 0 aliphatic carbocycles. The van der Waals surface area contributed by atoms with Crippen LogP contribution in [-0.2, 0) is 6.54 Å². The summed E-state index contributed by atoms with van der Waals surface area (Å²) in [7, 11) is 0. The molecule has 0 aliphatic rings. The third-order valence-electron chi connectivity index (χ3n) is 3.47. The molecule has 0 spiro atoms. The Morgan fingerprint density at radius 3 is 2.48 bits per heavy atom. The Morgan fingerprint density at radius 1 is 0.913 bits per heavy atom. The lowest BCUT2D eigenvalue weighted by Crippen LogP contribution is -2.18. The molecular weight excluding hydrogens is 288 g/mol. The number of carbonyl (C=O) groups is 1. The summed E-state index contributed by atoms with van der Waals surface area (Å²) in [5.41, 5.74) is 2.16. The molecule has 0 radical (unpaired) electrons. The van der Waals surface area contributed by atoms with Crippen molar-refractivity contribution < 1.29 is 4.79 Å². The molecule has 0 saturated heterocycles. The lowest BCUT2D eigenvalue weighted by atomic mass is 10.1. The standard InChI is InChI=1S/C19H16N2O2/c22-18-11-4-5-12-21(18)14-15-7-6-8-16(13-15)19(23)20-17-9-2-1-3-10-17/h1-13H,14H2,(H,20,23). The van der Waals surface area contributed by atoms with Gasteiger partial charge in [-0.3, -0.25) is 9.59 Å². The highest BCUT2D eigenvalue weighted by atomic mass is 16.1. The van der Waals surface area contributed by atoms with Crippen molar-refractivity contribution >= 4 is 11.6 Å². The number of hydrogen-bond acceptors (Lipinski definition) is 2. The zero-order valence-corrected chi connectivity index (χ0v) is 12.5. The number of benzene rings is 2. The molecule has 0 fully saturated rings. The number of amides is 1. The molecule has 2 aromatic carbocycles. The second kappa shape index (κ2) is 6.75. The van der Waals surface area contributed by atoms with Crippen molar-refractivity contribution in [3.05, 3.63) is 100 Å². The maximum Gasteiger partial charge on any atom is 0.255 e. The summed E-state index contributed by atoms with van der Waals surface area (Å²) >= 11 is 0. The first-order valence-electron chi connectivity index (χ1n) is 7.33. The van der Waals surface area contributed by atoms with E-state index < -0.39 is 0 Å². The quantitative estimate of drug-likeness (QED) is 0.805. The summed E-state index contributed by atoms with van der Waals surface area (Å²) in [5.74, 6) is -0.168. The number of para-hydroxylation sites is 1. The van der Waals surface area contributed by atoms with Crippen LogP contribution in [0.25, 0.3) is 0 Å². The molecule has 114 valence electrons. The average molecular weight is 304 g/mol. The zero-order valence-electron chi connectivity index (χ0n) is 12.5. The number of anilines is 1. The van der Waals surface area contributed by atoms with E-state index in [1.165, 1.54) is 6.07 Å². The Hall–Kier alpha value is -3.14. The van der Waals surface area contributed by atoms with Crippen LogP contribution in [0.5, 0.6) is 0 Å². The third-order valence-corrected chi connectivity index (χ3v) is 3.47. The van der Waals surface area contributed by atoms with Crippen LogP contribution in [0.1, 0.15) is 15.9 Å². The minimum atomic E-state index is -0.168. The first-order valence-corrected chi connectivity index (χ1v) is 7.33. The SMILES string of the molecule is O=C(Nc1ccccc1)c1cccc(Cn2ccccc2=O)c1. The summed E-state index contributed by atoms with van der Waals surface area (Å²) in [5, 5.41) is 2.85. The highest BCUT2D eigenvalue weighted by molar-refractivity contribution is 6.04. The van der Waals surface area contributed by atoms with E-state index in [4.69, 9.17) is 0 Å². The fourth-order valence-electron chi connectivity index (χ4n) is 2.32. The first kappa shape index (κ1) is 14.8. The minimum absolute atomic E-state index is 0.0633. The number of rotatable bonds is 4. The van der Waals surface area contributed by atoms with Crippen molar-refractivity contribution in [2.45, 2.75) is 6.54 Å². The van der Waals surface area contributed by atoms with Crippen LogP contribution in [0.4, 0.5) is 5.69 Å². The van der Waals surface area contributed by atoms with Crippen LogP contribution in [0.2, 0.25) is 0 Å². The van der Waals surface area contributed by atoms with E-state index in [9.17, 15) is 9.59 Å². The van der Waals surface area contributed by atoms with Crippen molar-refractivity contribution in [3.8, 4) is 0 Å². The van der Waals surface area contributed by atoms with Crippen LogP contribution < -0.4 is 10.9 Å². The summed E-state index contributed by atoms with van der Waals surface area (Å²) in [6.45, 7) is 0.437. The molecule has 1 heterocycles. The second-order valence-corrected chi connectivity index (χ2v) is 5.19. The van der Waals surface area contributed by atoms with Crippen LogP contribution in [0.3, 0.4) is 0 Å². The van der Waals surface area contributed by atoms with Gasteiger partial charge in [-0.25, -0.2) is 0 Å². The number of carbonyl (C=O) groups excluding carboxylic acids is 1. The number of aromatic nitrogens is 1. The van der Waals surface area contributed by atoms with Gasteiger partial charge in [-0.1, -0.05) is 36.4 Å². The van der Waals surface area contributed by atoms with Crippen LogP contribution in [-0.4, -0.2) is 10.5 Å². The smallest absolute Gasteiger partial charge is 0.255 e. The van der Waals surface area contributed by atoms with E-state index in [2.05, 4.69) is 5.32 Å². The molecule has 1 N–H and O–H groups in total. The van der Waals surface area contributed by atoms with E-state index >= 15 is 0 Å². The molecule has 3 rings (SSSR count). The average Bonchev–Trinajstić information content (AvgIpc) is 2.58. The van der Waals surface area contributed by atoms with Gasteiger partial charge in [0, 0.05) is 23.5 Å². The first-order chi connectivity index (χ1) is 11.2. The zero-order chi connectivity index (χ0) is 16.1. The normalized spacial score (nSPS) is 10.3. The number of nitrogens with zero attached hydrogens (tertiary/aromatic N) is 1. The van der Waals surface area contributed by atoms with Crippen LogP contribution in [0, 0.1) is 0 Å². The molecule has 23 heavy (non-hydrogen) atoms. The number of hydrogen-bond donors (Lipinski definition) is 1.